The molecule has 0 N–H and O–H groups in total. The maximum atomic E-state index is 12.5. The molecule has 0 spiro atoms. The van der Waals surface area contributed by atoms with Crippen molar-refractivity contribution in [3.63, 3.8) is 0 Å². The SMILES string of the molecule is Cc1nc(CF)nc2c1CC(C)(C)CC2. The lowest BCUT2D eigenvalue weighted by Gasteiger charge is -2.31. The van der Waals surface area contributed by atoms with Crippen LogP contribution in [0.3, 0.4) is 0 Å². The standard InChI is InChI=1S/C12H17FN2/c1-8-9-6-12(2,3)5-4-10(9)15-11(7-13)14-8/h4-7H2,1-3H3. The van der Waals surface area contributed by atoms with E-state index < -0.39 is 6.67 Å². The third-order valence-corrected chi connectivity index (χ3v) is 3.16. The molecule has 0 atom stereocenters. The van der Waals surface area contributed by atoms with Crippen LogP contribution >= 0.6 is 0 Å². The van der Waals surface area contributed by atoms with E-state index in [-0.39, 0.29) is 0 Å². The summed E-state index contributed by atoms with van der Waals surface area (Å²) in [6.07, 6.45) is 3.10. The molecule has 3 heteroatoms. The van der Waals surface area contributed by atoms with Crippen LogP contribution in [-0.2, 0) is 19.5 Å². The summed E-state index contributed by atoms with van der Waals surface area (Å²) in [4.78, 5) is 8.46. The summed E-state index contributed by atoms with van der Waals surface area (Å²) in [6, 6.07) is 0. The fraction of sp³-hybridized carbons (Fsp3) is 0.667. The van der Waals surface area contributed by atoms with Crippen LogP contribution in [0, 0.1) is 12.3 Å². The molecule has 0 saturated heterocycles. The Labute approximate surface area is 89.9 Å². The zero-order valence-corrected chi connectivity index (χ0v) is 9.60. The summed E-state index contributed by atoms with van der Waals surface area (Å²) >= 11 is 0. The number of rotatable bonds is 1. The molecule has 0 saturated carbocycles. The van der Waals surface area contributed by atoms with Crippen LogP contribution in [0.1, 0.15) is 43.0 Å². The molecule has 15 heavy (non-hydrogen) atoms. The number of hydrogen-bond acceptors (Lipinski definition) is 2. The second kappa shape index (κ2) is 3.54. The molecule has 0 unspecified atom stereocenters. The predicted molar refractivity (Wildman–Crippen MR) is 57.4 cm³/mol. The molecule has 0 bridgehead atoms. The summed E-state index contributed by atoms with van der Waals surface area (Å²) in [6.45, 7) is 5.93. The molecule has 1 aliphatic carbocycles. The average Bonchev–Trinajstić information content (AvgIpc) is 2.18. The Balaban J connectivity index is 2.44. The molecule has 2 nitrogen and oxygen atoms in total. The van der Waals surface area contributed by atoms with Gasteiger partial charge in [0.25, 0.3) is 0 Å². The number of halogens is 1. The van der Waals surface area contributed by atoms with Crippen molar-refractivity contribution in [1.82, 2.24) is 9.97 Å². The Hall–Kier alpha value is -0.990. The summed E-state index contributed by atoms with van der Waals surface area (Å²) in [5.41, 5.74) is 3.59. The number of alkyl halides is 1. The lowest BCUT2D eigenvalue weighted by atomic mass is 9.75. The van der Waals surface area contributed by atoms with Crippen molar-refractivity contribution in [2.45, 2.75) is 46.7 Å². The van der Waals surface area contributed by atoms with E-state index in [4.69, 9.17) is 0 Å². The molecule has 82 valence electrons. The second-order valence-electron chi connectivity index (χ2n) is 5.13. The molecule has 1 aromatic heterocycles. The van der Waals surface area contributed by atoms with E-state index in [2.05, 4.69) is 23.8 Å². The zero-order valence-electron chi connectivity index (χ0n) is 9.60. The van der Waals surface area contributed by atoms with Crippen LogP contribution in [-0.4, -0.2) is 9.97 Å². The average molecular weight is 208 g/mol. The lowest BCUT2D eigenvalue weighted by molar-refractivity contribution is 0.309. The summed E-state index contributed by atoms with van der Waals surface area (Å²) in [7, 11) is 0. The smallest absolute Gasteiger partial charge is 0.159 e. The maximum absolute atomic E-state index is 12.5. The molecule has 2 rings (SSSR count). The van der Waals surface area contributed by atoms with Crippen LogP contribution in [0.15, 0.2) is 0 Å². The van der Waals surface area contributed by atoms with Crippen LogP contribution in [0.5, 0.6) is 0 Å². The second-order valence-corrected chi connectivity index (χ2v) is 5.13. The highest BCUT2D eigenvalue weighted by molar-refractivity contribution is 5.29. The quantitative estimate of drug-likeness (QED) is 0.709. The number of fused-ring (bicyclic) bond motifs is 1. The summed E-state index contributed by atoms with van der Waals surface area (Å²) in [5.74, 6) is 0.339. The van der Waals surface area contributed by atoms with Gasteiger partial charge in [-0.2, -0.15) is 0 Å². The Kier molecular flexibility index (Phi) is 2.49. The van der Waals surface area contributed by atoms with Gasteiger partial charge in [0.1, 0.15) is 6.67 Å². The van der Waals surface area contributed by atoms with Crippen molar-refractivity contribution in [3.8, 4) is 0 Å². The Morgan fingerprint density at radius 3 is 2.73 bits per heavy atom. The summed E-state index contributed by atoms with van der Waals surface area (Å²) in [5, 5.41) is 0. The zero-order chi connectivity index (χ0) is 11.1. The highest BCUT2D eigenvalue weighted by Crippen LogP contribution is 2.34. The Morgan fingerprint density at radius 1 is 1.33 bits per heavy atom. The van der Waals surface area contributed by atoms with Crippen molar-refractivity contribution >= 4 is 0 Å². The van der Waals surface area contributed by atoms with Gasteiger partial charge in [-0.3, -0.25) is 0 Å². The van der Waals surface area contributed by atoms with Crippen molar-refractivity contribution in [2.75, 3.05) is 0 Å². The van der Waals surface area contributed by atoms with E-state index in [1.54, 1.807) is 0 Å². The van der Waals surface area contributed by atoms with Crippen LogP contribution in [0.2, 0.25) is 0 Å². The van der Waals surface area contributed by atoms with Crippen molar-refractivity contribution in [2.24, 2.45) is 5.41 Å². The first-order valence-corrected chi connectivity index (χ1v) is 5.43. The molecule has 0 aromatic carbocycles. The Bertz CT molecular complexity index is 385. The van der Waals surface area contributed by atoms with Gasteiger partial charge in [-0.1, -0.05) is 13.8 Å². The van der Waals surface area contributed by atoms with Crippen LogP contribution in [0.25, 0.3) is 0 Å². The van der Waals surface area contributed by atoms with Gasteiger partial charge in [-0.05, 0) is 37.2 Å². The van der Waals surface area contributed by atoms with E-state index >= 15 is 0 Å². The number of aryl methyl sites for hydroxylation is 2. The van der Waals surface area contributed by atoms with Crippen molar-refractivity contribution in [1.29, 1.82) is 0 Å². The topological polar surface area (TPSA) is 25.8 Å². The molecule has 0 aliphatic heterocycles. The van der Waals surface area contributed by atoms with Crippen LogP contribution < -0.4 is 0 Å². The minimum atomic E-state index is -0.558. The van der Waals surface area contributed by atoms with Gasteiger partial charge in [0.2, 0.25) is 0 Å². The number of hydrogen-bond donors (Lipinski definition) is 0. The van der Waals surface area contributed by atoms with E-state index in [9.17, 15) is 4.39 Å². The fourth-order valence-corrected chi connectivity index (χ4v) is 2.24. The molecular formula is C12H17FN2. The molecule has 0 amide bonds. The van der Waals surface area contributed by atoms with Gasteiger partial charge in [-0.15, -0.1) is 0 Å². The lowest BCUT2D eigenvalue weighted by Crippen LogP contribution is -2.25. The minimum absolute atomic E-state index is 0.332. The van der Waals surface area contributed by atoms with Gasteiger partial charge >= 0.3 is 0 Å². The van der Waals surface area contributed by atoms with Gasteiger partial charge < -0.3 is 0 Å². The molecule has 1 aliphatic rings. The van der Waals surface area contributed by atoms with E-state index in [1.165, 1.54) is 5.56 Å². The number of nitrogens with zero attached hydrogens (tertiary/aromatic N) is 2. The van der Waals surface area contributed by atoms with Gasteiger partial charge in [0.15, 0.2) is 5.82 Å². The van der Waals surface area contributed by atoms with Gasteiger partial charge in [-0.25, -0.2) is 14.4 Å². The largest absolute Gasteiger partial charge is 0.242 e. The molecule has 0 fully saturated rings. The molecule has 1 heterocycles. The van der Waals surface area contributed by atoms with Crippen molar-refractivity contribution in [3.05, 3.63) is 22.8 Å². The highest BCUT2D eigenvalue weighted by atomic mass is 19.1. The maximum Gasteiger partial charge on any atom is 0.159 e. The summed E-state index contributed by atoms with van der Waals surface area (Å²) < 4.78 is 12.5. The normalized spacial score (nSPS) is 18.7. The molecule has 1 aromatic rings. The number of aromatic nitrogens is 2. The fourth-order valence-electron chi connectivity index (χ4n) is 2.24. The van der Waals surface area contributed by atoms with Crippen molar-refractivity contribution < 1.29 is 4.39 Å². The first-order valence-electron chi connectivity index (χ1n) is 5.43. The first kappa shape index (κ1) is 10.5. The molecule has 0 radical (unpaired) electrons. The third-order valence-electron chi connectivity index (χ3n) is 3.16. The van der Waals surface area contributed by atoms with E-state index in [0.29, 0.717) is 11.2 Å². The predicted octanol–water partition coefficient (Wildman–Crippen LogP) is 2.77. The Morgan fingerprint density at radius 2 is 2.07 bits per heavy atom. The van der Waals surface area contributed by atoms with Gasteiger partial charge in [0, 0.05) is 11.4 Å². The monoisotopic (exact) mass is 208 g/mol. The van der Waals surface area contributed by atoms with Crippen LogP contribution in [0.4, 0.5) is 4.39 Å². The van der Waals surface area contributed by atoms with Gasteiger partial charge in [0.05, 0.1) is 0 Å². The van der Waals surface area contributed by atoms with E-state index in [0.717, 1.165) is 30.7 Å². The third kappa shape index (κ3) is 2.01. The highest BCUT2D eigenvalue weighted by Gasteiger charge is 2.27. The minimum Gasteiger partial charge on any atom is -0.242 e. The molecular weight excluding hydrogens is 191 g/mol. The first-order chi connectivity index (χ1) is 7.02. The van der Waals surface area contributed by atoms with E-state index in [1.807, 2.05) is 6.92 Å².